The van der Waals surface area contributed by atoms with Crippen molar-refractivity contribution in [2.75, 3.05) is 19.7 Å². The molecule has 17 heavy (non-hydrogen) atoms. The molecule has 0 spiro atoms. The lowest BCUT2D eigenvalue weighted by atomic mass is 10.1. The van der Waals surface area contributed by atoms with Crippen molar-refractivity contribution in [3.05, 3.63) is 18.2 Å². The fourth-order valence-corrected chi connectivity index (χ4v) is 2.29. The molecule has 0 aliphatic carbocycles. The monoisotopic (exact) mass is 237 g/mol. The van der Waals surface area contributed by atoms with Gasteiger partial charge >= 0.3 is 0 Å². The summed E-state index contributed by atoms with van der Waals surface area (Å²) in [5.74, 6) is 0. The van der Waals surface area contributed by atoms with Crippen LogP contribution in [0, 0.1) is 0 Å². The Bertz CT molecular complexity index is 318. The van der Waals surface area contributed by atoms with Gasteiger partial charge in [0.25, 0.3) is 0 Å². The van der Waals surface area contributed by atoms with Crippen LogP contribution in [-0.2, 0) is 17.7 Å². The van der Waals surface area contributed by atoms with Gasteiger partial charge in [-0.1, -0.05) is 6.92 Å². The molecule has 0 saturated carbocycles. The lowest BCUT2D eigenvalue weighted by molar-refractivity contribution is 0.0300. The summed E-state index contributed by atoms with van der Waals surface area (Å²) in [6, 6.07) is 0. The molecule has 0 atom stereocenters. The van der Waals surface area contributed by atoms with Crippen LogP contribution in [0.4, 0.5) is 0 Å². The molecular weight excluding hydrogens is 214 g/mol. The Balaban J connectivity index is 1.62. The smallest absolute Gasteiger partial charge is 0.0948 e. The molecule has 0 aromatic carbocycles. The maximum Gasteiger partial charge on any atom is 0.0948 e. The number of imidazole rings is 1. The summed E-state index contributed by atoms with van der Waals surface area (Å²) in [7, 11) is 0. The van der Waals surface area contributed by atoms with E-state index in [4.69, 9.17) is 4.74 Å². The largest absolute Gasteiger partial charge is 0.378 e. The molecule has 1 aromatic heterocycles. The molecule has 2 heterocycles. The van der Waals surface area contributed by atoms with Gasteiger partial charge in [-0.2, -0.15) is 0 Å². The standard InChI is InChI=1S/C13H23N3O/c1-2-12-10-15-11-16(12)8-3-9-17-13-4-6-14-7-5-13/h10-11,13-14H,2-9H2,1H3. The predicted molar refractivity (Wildman–Crippen MR) is 68.1 cm³/mol. The third-order valence-electron chi connectivity index (χ3n) is 3.34. The van der Waals surface area contributed by atoms with Crippen LogP contribution in [0.2, 0.25) is 0 Å². The van der Waals surface area contributed by atoms with E-state index in [1.807, 2.05) is 12.5 Å². The zero-order valence-corrected chi connectivity index (χ0v) is 10.7. The van der Waals surface area contributed by atoms with E-state index < -0.39 is 0 Å². The average molecular weight is 237 g/mol. The quantitative estimate of drug-likeness (QED) is 0.764. The van der Waals surface area contributed by atoms with E-state index in [9.17, 15) is 0 Å². The summed E-state index contributed by atoms with van der Waals surface area (Å²) in [4.78, 5) is 4.18. The number of hydrogen-bond donors (Lipinski definition) is 1. The first-order valence-electron chi connectivity index (χ1n) is 6.71. The average Bonchev–Trinajstić information content (AvgIpc) is 2.83. The lowest BCUT2D eigenvalue weighted by Gasteiger charge is -2.23. The number of ether oxygens (including phenoxy) is 1. The summed E-state index contributed by atoms with van der Waals surface area (Å²) in [5, 5.41) is 3.35. The molecule has 0 amide bonds. The maximum absolute atomic E-state index is 5.88. The van der Waals surface area contributed by atoms with Crippen molar-refractivity contribution >= 4 is 0 Å². The number of nitrogens with zero attached hydrogens (tertiary/aromatic N) is 2. The summed E-state index contributed by atoms with van der Waals surface area (Å²) >= 11 is 0. The van der Waals surface area contributed by atoms with Gasteiger partial charge in [-0.3, -0.25) is 0 Å². The van der Waals surface area contributed by atoms with Crippen molar-refractivity contribution in [3.63, 3.8) is 0 Å². The second-order valence-electron chi connectivity index (χ2n) is 4.61. The van der Waals surface area contributed by atoms with Crippen molar-refractivity contribution in [2.45, 2.75) is 45.3 Å². The van der Waals surface area contributed by atoms with Crippen molar-refractivity contribution < 1.29 is 4.74 Å². The highest BCUT2D eigenvalue weighted by atomic mass is 16.5. The molecule has 4 nitrogen and oxygen atoms in total. The minimum atomic E-state index is 0.477. The summed E-state index contributed by atoms with van der Waals surface area (Å²) in [5.41, 5.74) is 1.31. The van der Waals surface area contributed by atoms with Gasteiger partial charge in [-0.25, -0.2) is 4.98 Å². The normalized spacial score (nSPS) is 17.5. The van der Waals surface area contributed by atoms with Gasteiger partial charge in [0.15, 0.2) is 0 Å². The van der Waals surface area contributed by atoms with Gasteiger partial charge in [-0.15, -0.1) is 0 Å². The fraction of sp³-hybridized carbons (Fsp3) is 0.769. The van der Waals surface area contributed by atoms with Crippen LogP contribution >= 0.6 is 0 Å². The van der Waals surface area contributed by atoms with Crippen LogP contribution in [0.3, 0.4) is 0 Å². The summed E-state index contributed by atoms with van der Waals surface area (Å²) in [6.07, 6.45) is 8.79. The summed E-state index contributed by atoms with van der Waals surface area (Å²) in [6.45, 7) is 6.26. The minimum absolute atomic E-state index is 0.477. The molecule has 4 heteroatoms. The topological polar surface area (TPSA) is 39.1 Å². The van der Waals surface area contributed by atoms with Gasteiger partial charge in [-0.05, 0) is 38.8 Å². The van der Waals surface area contributed by atoms with E-state index in [0.29, 0.717) is 6.10 Å². The SMILES string of the molecule is CCc1cncn1CCCOC1CCNCC1. The summed E-state index contributed by atoms with van der Waals surface area (Å²) < 4.78 is 8.11. The third-order valence-corrected chi connectivity index (χ3v) is 3.34. The van der Waals surface area contributed by atoms with E-state index in [0.717, 1.165) is 51.9 Å². The van der Waals surface area contributed by atoms with Crippen molar-refractivity contribution in [1.29, 1.82) is 0 Å². The zero-order chi connectivity index (χ0) is 11.9. The highest BCUT2D eigenvalue weighted by Gasteiger charge is 2.12. The Hall–Kier alpha value is -0.870. The van der Waals surface area contributed by atoms with E-state index in [-0.39, 0.29) is 0 Å². The Morgan fingerprint density at radius 3 is 3.06 bits per heavy atom. The fourth-order valence-electron chi connectivity index (χ4n) is 2.29. The first-order valence-corrected chi connectivity index (χ1v) is 6.71. The molecule has 1 fully saturated rings. The van der Waals surface area contributed by atoms with Crippen molar-refractivity contribution in [2.24, 2.45) is 0 Å². The Labute approximate surface area is 103 Å². The molecule has 0 bridgehead atoms. The number of rotatable bonds is 6. The highest BCUT2D eigenvalue weighted by Crippen LogP contribution is 2.08. The molecule has 1 saturated heterocycles. The molecule has 0 unspecified atom stereocenters. The predicted octanol–water partition coefficient (Wildman–Crippen LogP) is 1.60. The van der Waals surface area contributed by atoms with E-state index in [1.54, 1.807) is 0 Å². The number of nitrogens with one attached hydrogen (secondary N) is 1. The molecule has 2 rings (SSSR count). The van der Waals surface area contributed by atoms with Crippen LogP contribution in [0.25, 0.3) is 0 Å². The second-order valence-corrected chi connectivity index (χ2v) is 4.61. The van der Waals surface area contributed by atoms with Crippen molar-refractivity contribution in [3.8, 4) is 0 Å². The first-order chi connectivity index (χ1) is 8.40. The molecule has 96 valence electrons. The molecular formula is C13H23N3O. The zero-order valence-electron chi connectivity index (χ0n) is 10.7. The van der Waals surface area contributed by atoms with Crippen LogP contribution in [0.1, 0.15) is 31.9 Å². The number of aryl methyl sites for hydroxylation is 2. The first kappa shape index (κ1) is 12.6. The minimum Gasteiger partial charge on any atom is -0.378 e. The molecule has 1 aromatic rings. The van der Waals surface area contributed by atoms with E-state index in [2.05, 4.69) is 21.8 Å². The highest BCUT2D eigenvalue weighted by molar-refractivity contribution is 4.97. The molecule has 0 radical (unpaired) electrons. The van der Waals surface area contributed by atoms with Crippen LogP contribution in [0.5, 0.6) is 0 Å². The Morgan fingerprint density at radius 1 is 1.47 bits per heavy atom. The Kier molecular flexibility index (Phi) is 5.01. The van der Waals surface area contributed by atoms with Crippen LogP contribution in [-0.4, -0.2) is 35.4 Å². The Morgan fingerprint density at radius 2 is 2.29 bits per heavy atom. The number of hydrogen-bond acceptors (Lipinski definition) is 3. The maximum atomic E-state index is 5.88. The molecule has 1 N–H and O–H groups in total. The molecule has 1 aliphatic heterocycles. The number of piperidine rings is 1. The van der Waals surface area contributed by atoms with E-state index in [1.165, 1.54) is 5.69 Å². The third kappa shape index (κ3) is 3.82. The van der Waals surface area contributed by atoms with E-state index >= 15 is 0 Å². The van der Waals surface area contributed by atoms with Crippen LogP contribution in [0.15, 0.2) is 12.5 Å². The van der Waals surface area contributed by atoms with Crippen molar-refractivity contribution in [1.82, 2.24) is 14.9 Å². The van der Waals surface area contributed by atoms with Gasteiger partial charge < -0.3 is 14.6 Å². The lowest BCUT2D eigenvalue weighted by Crippen LogP contribution is -2.32. The second kappa shape index (κ2) is 6.77. The van der Waals surface area contributed by atoms with Gasteiger partial charge in [0.1, 0.15) is 0 Å². The van der Waals surface area contributed by atoms with Crippen LogP contribution < -0.4 is 5.32 Å². The molecule has 1 aliphatic rings. The van der Waals surface area contributed by atoms with Gasteiger partial charge in [0.2, 0.25) is 0 Å². The van der Waals surface area contributed by atoms with Gasteiger partial charge in [0.05, 0.1) is 12.4 Å². The number of aromatic nitrogens is 2. The van der Waals surface area contributed by atoms with Gasteiger partial charge in [0, 0.05) is 25.0 Å².